The van der Waals surface area contributed by atoms with Gasteiger partial charge in [0.15, 0.2) is 0 Å². The third-order valence-corrected chi connectivity index (χ3v) is 8.55. The summed E-state index contributed by atoms with van der Waals surface area (Å²) in [6.45, 7) is 4.87. The van der Waals surface area contributed by atoms with Gasteiger partial charge in [-0.3, -0.25) is 14.5 Å². The van der Waals surface area contributed by atoms with E-state index in [1.807, 2.05) is 12.1 Å². The van der Waals surface area contributed by atoms with E-state index in [1.54, 1.807) is 4.90 Å². The second-order valence-electron chi connectivity index (χ2n) is 10.3. The van der Waals surface area contributed by atoms with Crippen LogP contribution < -0.4 is 10.2 Å². The molecular formula is C27H37N5O3S. The molecule has 36 heavy (non-hydrogen) atoms. The number of carbonyl (C=O) groups excluding carboxylic acids is 2. The average molecular weight is 512 g/mol. The smallest absolute Gasteiger partial charge is 0.231 e. The molecule has 1 aliphatic carbocycles. The number of amides is 2. The summed E-state index contributed by atoms with van der Waals surface area (Å²) in [6.07, 6.45) is 10.1. The van der Waals surface area contributed by atoms with E-state index in [-0.39, 0.29) is 24.2 Å². The van der Waals surface area contributed by atoms with Gasteiger partial charge in [-0.25, -0.2) is 0 Å². The lowest BCUT2D eigenvalue weighted by molar-refractivity contribution is -0.122. The molecule has 194 valence electrons. The molecule has 1 aromatic heterocycles. The minimum absolute atomic E-state index is 0.0157. The molecule has 1 saturated carbocycles. The van der Waals surface area contributed by atoms with Crippen molar-refractivity contribution in [2.45, 2.75) is 64.3 Å². The summed E-state index contributed by atoms with van der Waals surface area (Å²) in [5.74, 6) is 0.247. The number of anilines is 2. The maximum absolute atomic E-state index is 12.9. The zero-order chi connectivity index (χ0) is 24.7. The molecular weight excluding hydrogens is 474 g/mol. The van der Waals surface area contributed by atoms with Gasteiger partial charge in [0, 0.05) is 51.3 Å². The van der Waals surface area contributed by atoms with Crippen LogP contribution in [0.3, 0.4) is 0 Å². The number of benzene rings is 1. The van der Waals surface area contributed by atoms with Gasteiger partial charge in [-0.2, -0.15) is 0 Å². The second-order valence-corrected chi connectivity index (χ2v) is 11.4. The van der Waals surface area contributed by atoms with E-state index in [4.69, 9.17) is 4.74 Å². The molecule has 2 aliphatic heterocycles. The lowest BCUT2D eigenvalue weighted by Crippen LogP contribution is -2.28. The largest absolute Gasteiger partial charge is 0.380 e. The van der Waals surface area contributed by atoms with Crippen molar-refractivity contribution in [2.24, 2.45) is 11.8 Å². The fraction of sp³-hybridized carbons (Fsp3) is 0.630. The summed E-state index contributed by atoms with van der Waals surface area (Å²) < 4.78 is 5.54. The number of ether oxygens (including phenoxy) is 1. The molecule has 3 aliphatic rings. The van der Waals surface area contributed by atoms with Crippen LogP contribution in [-0.2, 0) is 27.3 Å². The Morgan fingerprint density at radius 3 is 2.72 bits per heavy atom. The van der Waals surface area contributed by atoms with E-state index in [1.165, 1.54) is 49.0 Å². The van der Waals surface area contributed by atoms with E-state index in [0.29, 0.717) is 11.7 Å². The van der Waals surface area contributed by atoms with Gasteiger partial charge >= 0.3 is 0 Å². The predicted molar refractivity (Wildman–Crippen MR) is 141 cm³/mol. The Labute approximate surface area is 217 Å². The summed E-state index contributed by atoms with van der Waals surface area (Å²) in [6, 6.07) is 8.14. The normalized spacial score (nSPS) is 22.1. The lowest BCUT2D eigenvalue weighted by Gasteiger charge is -2.20. The van der Waals surface area contributed by atoms with Crippen molar-refractivity contribution in [2.75, 3.05) is 43.1 Å². The van der Waals surface area contributed by atoms with Gasteiger partial charge in [0.2, 0.25) is 16.9 Å². The first-order valence-corrected chi connectivity index (χ1v) is 14.3. The van der Waals surface area contributed by atoms with Gasteiger partial charge in [-0.05, 0) is 36.5 Å². The van der Waals surface area contributed by atoms with Gasteiger partial charge in [-0.15, -0.1) is 10.2 Å². The van der Waals surface area contributed by atoms with Gasteiger partial charge in [0.1, 0.15) is 5.01 Å². The molecule has 3 heterocycles. The van der Waals surface area contributed by atoms with Crippen LogP contribution in [0, 0.1) is 11.8 Å². The lowest BCUT2D eigenvalue weighted by atomic mass is 9.86. The number of nitrogens with one attached hydrogen (secondary N) is 1. The van der Waals surface area contributed by atoms with Crippen molar-refractivity contribution in [3.8, 4) is 0 Å². The Balaban J connectivity index is 1.11. The van der Waals surface area contributed by atoms with Crippen LogP contribution in [0.5, 0.6) is 0 Å². The Morgan fingerprint density at radius 1 is 1.06 bits per heavy atom. The highest BCUT2D eigenvalue weighted by Gasteiger charge is 2.35. The molecule has 0 bridgehead atoms. The van der Waals surface area contributed by atoms with Crippen LogP contribution in [0.1, 0.15) is 61.9 Å². The zero-order valence-corrected chi connectivity index (χ0v) is 21.8. The van der Waals surface area contributed by atoms with E-state index in [9.17, 15) is 9.59 Å². The highest BCUT2D eigenvalue weighted by molar-refractivity contribution is 7.15. The van der Waals surface area contributed by atoms with Gasteiger partial charge in [0.05, 0.1) is 12.5 Å². The van der Waals surface area contributed by atoms with E-state index in [0.717, 1.165) is 68.7 Å². The van der Waals surface area contributed by atoms with Crippen LogP contribution in [-0.4, -0.2) is 59.8 Å². The molecule has 9 heteroatoms. The van der Waals surface area contributed by atoms with Crippen LogP contribution in [0.2, 0.25) is 0 Å². The van der Waals surface area contributed by atoms with Crippen LogP contribution in [0.4, 0.5) is 10.8 Å². The van der Waals surface area contributed by atoms with Gasteiger partial charge in [0.25, 0.3) is 0 Å². The standard InChI is InChI=1S/C27H37N5O3S/c33-25-17-22(26(34)28-27-30-29-24(36-27)12-9-20-5-2-1-3-6-20)19-32(25)23-10-7-21(8-11-23)18-31-13-4-15-35-16-14-31/h7-8,10-11,20,22H,1-6,9,12-19H2,(H,28,30,34). The summed E-state index contributed by atoms with van der Waals surface area (Å²) in [7, 11) is 0. The van der Waals surface area contributed by atoms with Crippen LogP contribution >= 0.6 is 11.3 Å². The highest BCUT2D eigenvalue weighted by Crippen LogP contribution is 2.30. The van der Waals surface area contributed by atoms with Gasteiger partial charge < -0.3 is 15.0 Å². The van der Waals surface area contributed by atoms with E-state index >= 15 is 0 Å². The summed E-state index contributed by atoms with van der Waals surface area (Å²) >= 11 is 1.46. The fourth-order valence-electron chi connectivity index (χ4n) is 5.54. The quantitative estimate of drug-likeness (QED) is 0.570. The summed E-state index contributed by atoms with van der Waals surface area (Å²) in [4.78, 5) is 29.7. The summed E-state index contributed by atoms with van der Waals surface area (Å²) in [5.41, 5.74) is 2.07. The predicted octanol–water partition coefficient (Wildman–Crippen LogP) is 4.26. The number of carbonyl (C=O) groups is 2. The van der Waals surface area contributed by atoms with Crippen molar-refractivity contribution < 1.29 is 14.3 Å². The third kappa shape index (κ3) is 6.69. The Kier molecular flexibility index (Phi) is 8.61. The Morgan fingerprint density at radius 2 is 1.89 bits per heavy atom. The molecule has 2 saturated heterocycles. The average Bonchev–Trinajstić information content (AvgIpc) is 3.42. The maximum atomic E-state index is 12.9. The Bertz CT molecular complexity index is 1010. The molecule has 2 aromatic rings. The van der Waals surface area contributed by atoms with Crippen molar-refractivity contribution >= 4 is 34.0 Å². The molecule has 2 amide bonds. The third-order valence-electron chi connectivity index (χ3n) is 7.65. The fourth-order valence-corrected chi connectivity index (χ4v) is 6.30. The molecule has 5 rings (SSSR count). The minimum Gasteiger partial charge on any atom is -0.380 e. The number of aromatic nitrogens is 2. The number of nitrogens with zero attached hydrogens (tertiary/aromatic N) is 4. The first-order valence-electron chi connectivity index (χ1n) is 13.5. The first-order chi connectivity index (χ1) is 17.6. The number of rotatable bonds is 8. The number of aryl methyl sites for hydroxylation is 1. The Hall–Kier alpha value is -2.36. The number of hydrogen-bond acceptors (Lipinski definition) is 7. The molecule has 1 N–H and O–H groups in total. The number of hydrogen-bond donors (Lipinski definition) is 1. The molecule has 0 spiro atoms. The molecule has 0 radical (unpaired) electrons. The minimum atomic E-state index is -0.385. The second kappa shape index (κ2) is 12.3. The summed E-state index contributed by atoms with van der Waals surface area (Å²) in [5, 5.41) is 12.9. The van der Waals surface area contributed by atoms with Crippen molar-refractivity contribution in [3.63, 3.8) is 0 Å². The molecule has 3 fully saturated rings. The van der Waals surface area contributed by atoms with E-state index in [2.05, 4.69) is 32.5 Å². The molecule has 1 atom stereocenters. The molecule has 1 aromatic carbocycles. The highest BCUT2D eigenvalue weighted by atomic mass is 32.1. The van der Waals surface area contributed by atoms with Crippen LogP contribution in [0.25, 0.3) is 0 Å². The van der Waals surface area contributed by atoms with Crippen molar-refractivity contribution in [3.05, 3.63) is 34.8 Å². The maximum Gasteiger partial charge on any atom is 0.231 e. The molecule has 1 unspecified atom stereocenters. The topological polar surface area (TPSA) is 87.7 Å². The SMILES string of the molecule is O=C(Nc1nnc(CCC2CCCCC2)s1)C1CC(=O)N(c2ccc(CN3CCCOCC3)cc2)C1. The first kappa shape index (κ1) is 25.3. The monoisotopic (exact) mass is 511 g/mol. The van der Waals surface area contributed by atoms with Gasteiger partial charge in [-0.1, -0.05) is 55.6 Å². The van der Waals surface area contributed by atoms with Crippen molar-refractivity contribution in [1.29, 1.82) is 0 Å². The van der Waals surface area contributed by atoms with E-state index < -0.39 is 0 Å². The molecule has 8 nitrogen and oxygen atoms in total. The zero-order valence-electron chi connectivity index (χ0n) is 21.0. The van der Waals surface area contributed by atoms with Crippen molar-refractivity contribution in [1.82, 2.24) is 15.1 Å². The van der Waals surface area contributed by atoms with Crippen LogP contribution in [0.15, 0.2) is 24.3 Å².